The van der Waals surface area contributed by atoms with E-state index in [-0.39, 0.29) is 54.8 Å². The number of alkyl halides is 1. The molecule has 11 nitrogen and oxygen atoms in total. The van der Waals surface area contributed by atoms with Crippen LogP contribution in [0.3, 0.4) is 0 Å². The maximum atomic E-state index is 14.6. The van der Waals surface area contributed by atoms with Crippen LogP contribution in [0.25, 0.3) is 10.9 Å². The molecule has 2 aromatic carbocycles. The zero-order chi connectivity index (χ0) is 42.6. The van der Waals surface area contributed by atoms with Crippen LogP contribution < -0.4 is 10.1 Å². The lowest BCUT2D eigenvalue weighted by Gasteiger charge is -2.24. The molecule has 59 heavy (non-hydrogen) atoms. The Balaban J connectivity index is 1.17. The number of carbonyl (C=O) groups is 3. The molecule has 0 spiro atoms. The molecule has 2 amide bonds. The van der Waals surface area contributed by atoms with Gasteiger partial charge in [-0.05, 0) is 38.0 Å². The van der Waals surface area contributed by atoms with Crippen LogP contribution in [0.4, 0.5) is 8.78 Å². The summed E-state index contributed by atoms with van der Waals surface area (Å²) in [6.07, 6.45) is 17.8. The summed E-state index contributed by atoms with van der Waals surface area (Å²) < 4.78 is 59.8. The third-order valence-electron chi connectivity index (χ3n) is 10.7. The van der Waals surface area contributed by atoms with Gasteiger partial charge in [0.25, 0.3) is 0 Å². The smallest absolute Gasteiger partial charge is 0.365 e. The second-order valence-electron chi connectivity index (χ2n) is 15.5. The van der Waals surface area contributed by atoms with Crippen molar-refractivity contribution in [3.8, 4) is 5.75 Å². The Bertz CT molecular complexity index is 1840. The standard InChI is InChI=1S/C44H63ClF2N3O8P/c1-3-4-5-6-7-8-9-10-11-12-13-14-15-16-23-56-24-18-25-58-59(54,55)32-57-36-21-22-37-38(33(2)51)30-49(40(37)27-36)31-42(52)50-29-35(46)26-41(50)44(53)48-28-34-19-17-20-39(45)43(34)47/h17,19-22,27,30,35,41H,3-16,18,23-26,28-29,31-32H2,1-2H3,(H,48,53)(H,54,55)/t35-,41+/m1/s1. The van der Waals surface area contributed by atoms with Crippen LogP contribution >= 0.6 is 19.2 Å². The summed E-state index contributed by atoms with van der Waals surface area (Å²) in [7, 11) is -4.12. The number of benzene rings is 2. The summed E-state index contributed by atoms with van der Waals surface area (Å²) in [5, 5.41) is 2.99. The van der Waals surface area contributed by atoms with E-state index in [2.05, 4.69) is 12.2 Å². The van der Waals surface area contributed by atoms with Gasteiger partial charge in [0.2, 0.25) is 11.8 Å². The molecule has 15 heteroatoms. The number of fused-ring (bicyclic) bond motifs is 1. The zero-order valence-corrected chi connectivity index (χ0v) is 36.4. The van der Waals surface area contributed by atoms with Crippen molar-refractivity contribution in [3.63, 3.8) is 0 Å². The van der Waals surface area contributed by atoms with Crippen molar-refractivity contribution in [1.29, 1.82) is 0 Å². The maximum Gasteiger partial charge on any atom is 0.365 e. The van der Waals surface area contributed by atoms with Gasteiger partial charge >= 0.3 is 7.60 Å². The van der Waals surface area contributed by atoms with Gasteiger partial charge in [0.05, 0.1) is 23.7 Å². The molecule has 0 aliphatic carbocycles. The highest BCUT2D eigenvalue weighted by atomic mass is 35.5. The van der Waals surface area contributed by atoms with Gasteiger partial charge in [-0.3, -0.25) is 18.9 Å². The number of nitrogens with zero attached hydrogens (tertiary/aromatic N) is 2. The Morgan fingerprint density at radius 1 is 0.915 bits per heavy atom. The lowest BCUT2D eigenvalue weighted by molar-refractivity contribution is -0.139. The van der Waals surface area contributed by atoms with Gasteiger partial charge in [0.1, 0.15) is 30.3 Å². The van der Waals surface area contributed by atoms with Crippen molar-refractivity contribution in [3.05, 3.63) is 64.6 Å². The summed E-state index contributed by atoms with van der Waals surface area (Å²) in [5.74, 6) is -1.96. The molecule has 0 bridgehead atoms. The van der Waals surface area contributed by atoms with Crippen LogP contribution in [0.15, 0.2) is 42.6 Å². The number of Topliss-reactive ketones (excluding diaryl/α,β-unsaturated/α-hetero) is 1. The third kappa shape index (κ3) is 16.2. The number of amides is 2. The SMILES string of the molecule is CCCCCCCCCCCCCCCCOCCCOP(=O)(O)COc1ccc2c(C(C)=O)cn(CC(=O)N3C[C@H](F)C[C@H]3C(=O)NCc3cccc(Cl)c3F)c2c1. The molecule has 1 aromatic heterocycles. The van der Waals surface area contributed by atoms with E-state index in [4.69, 9.17) is 25.6 Å². The number of unbranched alkanes of at least 4 members (excludes halogenated alkanes) is 13. The van der Waals surface area contributed by atoms with Gasteiger partial charge in [-0.1, -0.05) is 114 Å². The first-order chi connectivity index (χ1) is 28.4. The lowest BCUT2D eigenvalue weighted by Crippen LogP contribution is -2.46. The number of carbonyl (C=O) groups excluding carboxylic acids is 3. The molecular weight excluding hydrogens is 803 g/mol. The quantitative estimate of drug-likeness (QED) is 0.0400. The summed E-state index contributed by atoms with van der Waals surface area (Å²) >= 11 is 5.84. The summed E-state index contributed by atoms with van der Waals surface area (Å²) in [6.45, 7) is 3.87. The first-order valence-corrected chi connectivity index (χ1v) is 23.5. The summed E-state index contributed by atoms with van der Waals surface area (Å²) in [4.78, 5) is 50.7. The first-order valence-electron chi connectivity index (χ1n) is 21.3. The fourth-order valence-electron chi connectivity index (χ4n) is 7.37. The average molecular weight is 866 g/mol. The molecule has 1 aliphatic heterocycles. The topological polar surface area (TPSA) is 136 Å². The van der Waals surface area contributed by atoms with Gasteiger partial charge < -0.3 is 33.7 Å². The van der Waals surface area contributed by atoms with Crippen LogP contribution in [0.5, 0.6) is 5.75 Å². The minimum absolute atomic E-state index is 0.0224. The van der Waals surface area contributed by atoms with Crippen molar-refractivity contribution < 1.29 is 46.6 Å². The van der Waals surface area contributed by atoms with Crippen LogP contribution in [0.1, 0.15) is 133 Å². The van der Waals surface area contributed by atoms with Gasteiger partial charge in [-0.2, -0.15) is 0 Å². The number of ketones is 1. The molecule has 1 saturated heterocycles. The molecular formula is C44H63ClF2N3O8P. The number of ether oxygens (including phenoxy) is 2. The number of halogens is 3. The van der Waals surface area contributed by atoms with Gasteiger partial charge in [0.15, 0.2) is 12.1 Å². The van der Waals surface area contributed by atoms with Crippen LogP contribution in [-0.4, -0.2) is 76.9 Å². The molecule has 1 aliphatic rings. The Hall–Kier alpha value is -3.35. The van der Waals surface area contributed by atoms with Crippen LogP contribution in [-0.2, 0) is 36.5 Å². The van der Waals surface area contributed by atoms with Gasteiger partial charge in [0, 0.05) is 55.0 Å². The zero-order valence-electron chi connectivity index (χ0n) is 34.7. The monoisotopic (exact) mass is 865 g/mol. The second kappa shape index (κ2) is 25.4. The molecule has 3 aromatic rings. The predicted octanol–water partition coefficient (Wildman–Crippen LogP) is 10.3. The molecule has 4 rings (SSSR count). The van der Waals surface area contributed by atoms with Crippen molar-refractivity contribution in [2.24, 2.45) is 0 Å². The van der Waals surface area contributed by atoms with Crippen molar-refractivity contribution in [2.75, 3.05) is 32.7 Å². The summed E-state index contributed by atoms with van der Waals surface area (Å²) in [6, 6.07) is 7.94. The largest absolute Gasteiger partial charge is 0.481 e. The van der Waals surface area contributed by atoms with Crippen molar-refractivity contribution in [1.82, 2.24) is 14.8 Å². The number of hydrogen-bond donors (Lipinski definition) is 2. The van der Waals surface area contributed by atoms with E-state index in [0.29, 0.717) is 36.1 Å². The molecule has 2 heterocycles. The van der Waals surface area contributed by atoms with Crippen LogP contribution in [0.2, 0.25) is 5.02 Å². The van der Waals surface area contributed by atoms with E-state index in [0.717, 1.165) is 17.7 Å². The van der Waals surface area contributed by atoms with Gasteiger partial charge in [-0.25, -0.2) is 8.78 Å². The van der Waals surface area contributed by atoms with E-state index in [1.165, 1.54) is 113 Å². The first kappa shape index (κ1) is 48.3. The highest BCUT2D eigenvalue weighted by Crippen LogP contribution is 2.42. The lowest BCUT2D eigenvalue weighted by atomic mass is 10.0. The molecule has 2 N–H and O–H groups in total. The highest BCUT2D eigenvalue weighted by Gasteiger charge is 2.40. The minimum Gasteiger partial charge on any atom is -0.481 e. The fraction of sp³-hybridized carbons (Fsp3) is 0.614. The number of rotatable bonds is 29. The van der Waals surface area contributed by atoms with E-state index < -0.39 is 43.8 Å². The van der Waals surface area contributed by atoms with Gasteiger partial charge in [-0.15, -0.1) is 0 Å². The number of aromatic nitrogens is 1. The third-order valence-corrected chi connectivity index (χ3v) is 12.0. The number of likely N-dealkylation sites (tertiary alicyclic amines) is 1. The highest BCUT2D eigenvalue weighted by molar-refractivity contribution is 7.52. The molecule has 328 valence electrons. The fourth-order valence-corrected chi connectivity index (χ4v) is 8.36. The summed E-state index contributed by atoms with van der Waals surface area (Å²) in [5.41, 5.74) is 0.885. The normalized spacial score (nSPS) is 16.4. The van der Waals surface area contributed by atoms with E-state index in [1.807, 2.05) is 0 Å². The Kier molecular flexibility index (Phi) is 20.8. The van der Waals surface area contributed by atoms with Crippen molar-refractivity contribution >= 4 is 47.7 Å². The van der Waals surface area contributed by atoms with E-state index in [9.17, 15) is 32.6 Å². The Labute approximate surface area is 353 Å². The Morgan fingerprint density at radius 3 is 2.22 bits per heavy atom. The van der Waals surface area contributed by atoms with E-state index in [1.54, 1.807) is 18.2 Å². The minimum atomic E-state index is -4.12. The van der Waals surface area contributed by atoms with E-state index >= 15 is 0 Å². The second-order valence-corrected chi connectivity index (χ2v) is 17.7. The van der Waals surface area contributed by atoms with Crippen LogP contribution in [0, 0.1) is 5.82 Å². The number of hydrogen-bond acceptors (Lipinski definition) is 7. The molecule has 0 radical (unpaired) electrons. The maximum absolute atomic E-state index is 14.6. The molecule has 1 unspecified atom stereocenters. The predicted molar refractivity (Wildman–Crippen MR) is 227 cm³/mol. The van der Waals surface area contributed by atoms with Crippen molar-refractivity contribution in [2.45, 2.75) is 142 Å². The number of nitrogens with one attached hydrogen (secondary N) is 1. The Morgan fingerprint density at radius 2 is 1.56 bits per heavy atom. The molecule has 3 atom stereocenters. The molecule has 0 saturated carbocycles. The average Bonchev–Trinajstić information content (AvgIpc) is 3.78. The molecule has 1 fully saturated rings.